The topological polar surface area (TPSA) is 127 Å². The first-order chi connectivity index (χ1) is 9.03. The van der Waals surface area contributed by atoms with E-state index in [2.05, 4.69) is 10.4 Å². The van der Waals surface area contributed by atoms with Crippen LogP contribution < -0.4 is 5.32 Å². The van der Waals surface area contributed by atoms with Crippen LogP contribution >= 0.6 is 0 Å². The number of carbonyl (C=O) groups excluding carboxylic acids is 1. The summed E-state index contributed by atoms with van der Waals surface area (Å²) in [6, 6.07) is -0.860. The number of carboxylic acid groups (broad SMARTS) is 1. The van der Waals surface area contributed by atoms with Gasteiger partial charge < -0.3 is 10.4 Å². The summed E-state index contributed by atoms with van der Waals surface area (Å²) >= 11 is 0. The fourth-order valence-corrected chi connectivity index (χ4v) is 1.46. The molecule has 0 aliphatic carbocycles. The van der Waals surface area contributed by atoms with Gasteiger partial charge in [0.05, 0.1) is 4.92 Å². The highest BCUT2D eigenvalue weighted by Crippen LogP contribution is 2.19. The minimum Gasteiger partial charge on any atom is -0.476 e. The summed E-state index contributed by atoms with van der Waals surface area (Å²) in [5.74, 6) is -1.93. The van der Waals surface area contributed by atoms with Crippen LogP contribution in [-0.2, 0) is 4.79 Å². The molecule has 0 fully saturated rings. The predicted molar refractivity (Wildman–Crippen MR) is 68.4 cm³/mol. The average molecular weight is 284 g/mol. The van der Waals surface area contributed by atoms with Gasteiger partial charge >= 0.3 is 11.7 Å². The Morgan fingerprint density at radius 2 is 2.05 bits per heavy atom. The molecule has 0 radical (unpaired) electrons. The average Bonchev–Trinajstić information content (AvgIpc) is 2.70. The molecule has 1 atom stereocenters. The lowest BCUT2D eigenvalue weighted by Crippen LogP contribution is -2.43. The molecular weight excluding hydrogens is 268 g/mol. The van der Waals surface area contributed by atoms with Crippen molar-refractivity contribution in [2.24, 2.45) is 0 Å². The van der Waals surface area contributed by atoms with E-state index in [1.807, 2.05) is 0 Å². The lowest BCUT2D eigenvalue weighted by molar-refractivity contribution is -0.385. The Labute approximate surface area is 114 Å². The summed E-state index contributed by atoms with van der Waals surface area (Å²) in [5, 5.41) is 25.9. The third kappa shape index (κ3) is 3.53. The molecule has 0 aliphatic heterocycles. The number of hydrogen-bond acceptors (Lipinski definition) is 5. The summed E-state index contributed by atoms with van der Waals surface area (Å²) in [6.45, 7) is 6.83. The summed E-state index contributed by atoms with van der Waals surface area (Å²) in [7, 11) is 0. The van der Waals surface area contributed by atoms with Crippen molar-refractivity contribution in [3.8, 4) is 0 Å². The van der Waals surface area contributed by atoms with Crippen LogP contribution in [0.4, 0.5) is 5.69 Å². The monoisotopic (exact) mass is 284 g/mol. The second-order valence-electron chi connectivity index (χ2n) is 5.32. The van der Waals surface area contributed by atoms with Crippen molar-refractivity contribution in [3.63, 3.8) is 0 Å². The number of aromatic nitrogens is 2. The normalized spacial score (nSPS) is 12.8. The molecule has 20 heavy (non-hydrogen) atoms. The van der Waals surface area contributed by atoms with Crippen molar-refractivity contribution in [1.82, 2.24) is 15.1 Å². The highest BCUT2D eigenvalue weighted by molar-refractivity contribution is 5.90. The molecule has 9 heteroatoms. The number of hydrogen-bond donors (Lipinski definition) is 2. The van der Waals surface area contributed by atoms with Crippen LogP contribution in [0.1, 0.15) is 44.2 Å². The zero-order chi connectivity index (χ0) is 15.7. The van der Waals surface area contributed by atoms with E-state index in [0.717, 1.165) is 10.9 Å². The second kappa shape index (κ2) is 5.27. The van der Waals surface area contributed by atoms with E-state index in [1.54, 1.807) is 20.8 Å². The van der Waals surface area contributed by atoms with Gasteiger partial charge in [-0.2, -0.15) is 5.10 Å². The van der Waals surface area contributed by atoms with Gasteiger partial charge in [0, 0.05) is 5.54 Å². The summed E-state index contributed by atoms with van der Waals surface area (Å²) in [6.07, 6.45) is 0.941. The lowest BCUT2D eigenvalue weighted by Gasteiger charge is -2.23. The molecule has 1 amide bonds. The molecule has 9 nitrogen and oxygen atoms in total. The van der Waals surface area contributed by atoms with Gasteiger partial charge in [0.15, 0.2) is 0 Å². The molecule has 1 unspecified atom stereocenters. The number of nitro groups is 1. The zero-order valence-corrected chi connectivity index (χ0v) is 11.6. The highest BCUT2D eigenvalue weighted by Gasteiger charge is 2.29. The quantitative estimate of drug-likeness (QED) is 0.626. The molecule has 1 rings (SSSR count). The zero-order valence-electron chi connectivity index (χ0n) is 11.6. The summed E-state index contributed by atoms with van der Waals surface area (Å²) in [5.41, 5.74) is -1.81. The van der Waals surface area contributed by atoms with E-state index >= 15 is 0 Å². The Morgan fingerprint density at radius 1 is 1.50 bits per heavy atom. The predicted octanol–water partition coefficient (Wildman–Crippen LogP) is 0.965. The molecule has 110 valence electrons. The van der Waals surface area contributed by atoms with Crippen molar-refractivity contribution >= 4 is 17.6 Å². The molecule has 1 aromatic heterocycles. The Kier molecular flexibility index (Phi) is 4.11. The van der Waals surface area contributed by atoms with E-state index in [9.17, 15) is 19.7 Å². The van der Waals surface area contributed by atoms with Crippen LogP contribution in [-0.4, -0.2) is 37.2 Å². The minimum atomic E-state index is -1.51. The van der Waals surface area contributed by atoms with Gasteiger partial charge in [-0.3, -0.25) is 19.6 Å². The van der Waals surface area contributed by atoms with Crippen LogP contribution in [0.25, 0.3) is 0 Å². The minimum absolute atomic E-state index is 0.410. The van der Waals surface area contributed by atoms with Crippen LogP contribution in [0.2, 0.25) is 0 Å². The maximum absolute atomic E-state index is 11.9. The Hall–Kier alpha value is -2.45. The number of aromatic carboxylic acids is 1. The largest absolute Gasteiger partial charge is 0.476 e. The Morgan fingerprint density at radius 3 is 2.40 bits per heavy atom. The summed E-state index contributed by atoms with van der Waals surface area (Å²) < 4.78 is 0.975. The van der Waals surface area contributed by atoms with Gasteiger partial charge in [-0.1, -0.05) is 0 Å². The molecule has 0 spiro atoms. The number of carbonyl (C=O) groups is 2. The van der Waals surface area contributed by atoms with Crippen molar-refractivity contribution in [1.29, 1.82) is 0 Å². The van der Waals surface area contributed by atoms with Gasteiger partial charge in [0.1, 0.15) is 12.2 Å². The van der Waals surface area contributed by atoms with E-state index in [4.69, 9.17) is 5.11 Å². The fraction of sp³-hybridized carbons (Fsp3) is 0.545. The molecule has 2 N–H and O–H groups in total. The van der Waals surface area contributed by atoms with E-state index in [0.29, 0.717) is 0 Å². The molecule has 0 saturated carbocycles. The van der Waals surface area contributed by atoms with E-state index in [1.165, 1.54) is 6.92 Å². The molecule has 0 aromatic carbocycles. The first kappa shape index (κ1) is 15.6. The van der Waals surface area contributed by atoms with Crippen molar-refractivity contribution < 1.29 is 19.6 Å². The maximum atomic E-state index is 11.9. The first-order valence-corrected chi connectivity index (χ1v) is 5.82. The van der Waals surface area contributed by atoms with Crippen molar-refractivity contribution in [3.05, 3.63) is 22.0 Å². The third-order valence-corrected chi connectivity index (χ3v) is 2.39. The molecule has 0 saturated heterocycles. The number of amides is 1. The molecule has 0 aliphatic rings. The number of carboxylic acids is 1. The fourth-order valence-electron chi connectivity index (χ4n) is 1.46. The van der Waals surface area contributed by atoms with Crippen LogP contribution in [0.15, 0.2) is 6.20 Å². The van der Waals surface area contributed by atoms with Crippen LogP contribution in [0.5, 0.6) is 0 Å². The standard InChI is InChI=1S/C11H16N4O5/c1-6(9(16)12-11(2,3)4)14-5-7(15(19)20)8(13-14)10(17)18/h5-6H,1-4H3,(H,12,16)(H,17,18). The van der Waals surface area contributed by atoms with Crippen LogP contribution in [0.3, 0.4) is 0 Å². The highest BCUT2D eigenvalue weighted by atomic mass is 16.6. The maximum Gasteiger partial charge on any atom is 0.363 e. The summed E-state index contributed by atoms with van der Waals surface area (Å²) in [4.78, 5) is 32.7. The first-order valence-electron chi connectivity index (χ1n) is 5.82. The van der Waals surface area contributed by atoms with Crippen molar-refractivity contribution in [2.75, 3.05) is 0 Å². The van der Waals surface area contributed by atoms with Gasteiger partial charge in [0.2, 0.25) is 11.6 Å². The SMILES string of the molecule is CC(C(=O)NC(C)(C)C)n1cc([N+](=O)[O-])c(C(=O)O)n1. The smallest absolute Gasteiger partial charge is 0.363 e. The van der Waals surface area contributed by atoms with Crippen molar-refractivity contribution in [2.45, 2.75) is 39.3 Å². The third-order valence-electron chi connectivity index (χ3n) is 2.39. The Balaban J connectivity index is 3.08. The van der Waals surface area contributed by atoms with Gasteiger partial charge in [-0.15, -0.1) is 0 Å². The lowest BCUT2D eigenvalue weighted by atomic mass is 10.1. The molecule has 0 bridgehead atoms. The van der Waals surface area contributed by atoms with Gasteiger partial charge in [-0.25, -0.2) is 4.79 Å². The van der Waals surface area contributed by atoms with Crippen LogP contribution in [0, 0.1) is 10.1 Å². The second-order valence-corrected chi connectivity index (χ2v) is 5.32. The number of rotatable bonds is 4. The molecular formula is C11H16N4O5. The molecule has 1 heterocycles. The Bertz CT molecular complexity index is 526. The molecule has 1 aromatic rings. The van der Waals surface area contributed by atoms with E-state index < -0.39 is 39.8 Å². The number of nitrogens with zero attached hydrogens (tertiary/aromatic N) is 3. The van der Waals surface area contributed by atoms with Gasteiger partial charge in [-0.05, 0) is 27.7 Å². The number of nitrogens with one attached hydrogen (secondary N) is 1. The van der Waals surface area contributed by atoms with E-state index in [-0.39, 0.29) is 0 Å². The van der Waals surface area contributed by atoms with Gasteiger partial charge in [0.25, 0.3) is 0 Å².